The van der Waals surface area contributed by atoms with Crippen molar-refractivity contribution >= 4 is 16.2 Å². The number of hydrogen-bond acceptors (Lipinski definition) is 2. The van der Waals surface area contributed by atoms with Gasteiger partial charge in [-0.2, -0.15) is 0 Å². The van der Waals surface area contributed by atoms with Gasteiger partial charge in [-0.25, -0.2) is 0 Å². The molecule has 0 fully saturated rings. The largest absolute Gasteiger partial charge is 0.523 e. The van der Waals surface area contributed by atoms with Gasteiger partial charge in [-0.05, 0) is 13.8 Å². The Bertz CT molecular complexity index is 98.6. The topological polar surface area (TPSA) is 26.3 Å². The fourth-order valence-corrected chi connectivity index (χ4v) is 0.746. The molecule has 0 aromatic heterocycles. The van der Waals surface area contributed by atoms with Crippen molar-refractivity contribution < 1.29 is 9.22 Å². The summed E-state index contributed by atoms with van der Waals surface area (Å²) < 4.78 is 4.58. The van der Waals surface area contributed by atoms with Crippen LogP contribution in [-0.4, -0.2) is 16.2 Å². The van der Waals surface area contributed by atoms with E-state index in [0.717, 1.165) is 0 Å². The lowest BCUT2D eigenvalue weighted by Crippen LogP contribution is -1.97. The lowest BCUT2D eigenvalue weighted by Gasteiger charge is -1.93. The molecule has 0 aromatic carbocycles. The van der Waals surface area contributed by atoms with Crippen LogP contribution < -0.4 is 0 Å². The Hall–Kier alpha value is -0.573. The van der Waals surface area contributed by atoms with Crippen molar-refractivity contribution in [1.29, 1.82) is 0 Å². The molecule has 0 saturated heterocycles. The maximum Gasteiger partial charge on any atom is 0.279 e. The van der Waals surface area contributed by atoms with Gasteiger partial charge in [-0.3, -0.25) is 4.79 Å². The van der Waals surface area contributed by atoms with E-state index in [2.05, 4.69) is 4.43 Å². The molecule has 46 valence electrons. The highest BCUT2D eigenvalue weighted by Gasteiger charge is 1.85. The summed E-state index contributed by atoms with van der Waals surface area (Å²) >= 11 is 0. The van der Waals surface area contributed by atoms with Crippen molar-refractivity contribution in [2.45, 2.75) is 13.8 Å². The highest BCUT2D eigenvalue weighted by atomic mass is 28.2. The zero-order valence-corrected chi connectivity index (χ0v) is 6.59. The molecule has 2 nitrogen and oxygen atoms in total. The molecule has 0 unspecified atom stereocenters. The summed E-state index contributed by atoms with van der Waals surface area (Å²) in [6, 6.07) is 0. The number of carbonyl (C=O) groups excluding carboxylic acids is 1. The Morgan fingerprint density at radius 1 is 1.75 bits per heavy atom. The van der Waals surface area contributed by atoms with Crippen molar-refractivity contribution in [3.8, 4) is 0 Å². The molecule has 0 spiro atoms. The van der Waals surface area contributed by atoms with Gasteiger partial charge < -0.3 is 4.43 Å². The Morgan fingerprint density at radius 2 is 2.38 bits per heavy atom. The van der Waals surface area contributed by atoms with Gasteiger partial charge in [0.15, 0.2) is 0 Å². The van der Waals surface area contributed by atoms with Crippen LogP contribution >= 0.6 is 0 Å². The monoisotopic (exact) mass is 130 g/mol. The lowest BCUT2D eigenvalue weighted by molar-refractivity contribution is -0.120. The van der Waals surface area contributed by atoms with Crippen LogP contribution in [-0.2, 0) is 9.22 Å². The van der Waals surface area contributed by atoms with Gasteiger partial charge in [-0.1, -0.05) is 11.3 Å². The maximum absolute atomic E-state index is 9.61. The molecule has 0 aromatic rings. The van der Waals surface area contributed by atoms with Crippen molar-refractivity contribution in [3.05, 3.63) is 11.3 Å². The van der Waals surface area contributed by atoms with Gasteiger partial charge in [-0.15, -0.1) is 0 Å². The van der Waals surface area contributed by atoms with E-state index in [1.54, 1.807) is 0 Å². The summed E-state index contributed by atoms with van der Waals surface area (Å²) in [5.41, 5.74) is 0. The molecule has 0 bridgehead atoms. The summed E-state index contributed by atoms with van der Waals surface area (Å²) in [6.45, 7) is 4.42. The molecule has 0 amide bonds. The Balaban J connectivity index is 3.24. The minimum absolute atomic E-state index is 0.513. The molecule has 0 N–H and O–H groups in total. The first kappa shape index (κ1) is 7.43. The van der Waals surface area contributed by atoms with Gasteiger partial charge in [0.2, 0.25) is 9.76 Å². The predicted molar refractivity (Wildman–Crippen MR) is 35.1 cm³/mol. The van der Waals surface area contributed by atoms with Crippen LogP contribution in [0, 0.1) is 0 Å². The van der Waals surface area contributed by atoms with Crippen LogP contribution in [0.2, 0.25) is 0 Å². The summed E-state index contributed by atoms with van der Waals surface area (Å²) in [5, 5.41) is 1.21. The maximum atomic E-state index is 9.61. The average molecular weight is 130 g/mol. The molecular formula is C5H10O2Si. The van der Waals surface area contributed by atoms with E-state index < -0.39 is 9.76 Å². The fourth-order valence-electron chi connectivity index (χ4n) is 0.249. The van der Waals surface area contributed by atoms with Gasteiger partial charge >= 0.3 is 0 Å². The van der Waals surface area contributed by atoms with E-state index in [-0.39, 0.29) is 0 Å². The highest BCUT2D eigenvalue weighted by molar-refractivity contribution is 6.39. The summed E-state index contributed by atoms with van der Waals surface area (Å²) in [6.07, 6.45) is 1.97. The Morgan fingerprint density at radius 3 is 2.75 bits per heavy atom. The van der Waals surface area contributed by atoms with E-state index in [9.17, 15) is 4.79 Å². The molecule has 0 aliphatic heterocycles. The van der Waals surface area contributed by atoms with E-state index in [1.807, 2.05) is 19.9 Å². The van der Waals surface area contributed by atoms with Crippen LogP contribution in [0.5, 0.6) is 0 Å². The molecule has 3 heteroatoms. The second kappa shape index (κ2) is 4.58. The summed E-state index contributed by atoms with van der Waals surface area (Å²) in [7, 11) is -0.671. The van der Waals surface area contributed by atoms with Gasteiger partial charge in [0, 0.05) is 0 Å². The van der Waals surface area contributed by atoms with E-state index in [0.29, 0.717) is 6.47 Å². The minimum Gasteiger partial charge on any atom is -0.523 e. The van der Waals surface area contributed by atoms with Crippen molar-refractivity contribution in [1.82, 2.24) is 0 Å². The minimum atomic E-state index is -0.671. The van der Waals surface area contributed by atoms with E-state index in [1.165, 1.54) is 5.20 Å². The van der Waals surface area contributed by atoms with Crippen molar-refractivity contribution in [2.24, 2.45) is 0 Å². The molecule has 0 saturated carbocycles. The zero-order chi connectivity index (χ0) is 6.41. The molecule has 0 aliphatic rings. The molecule has 0 aliphatic carbocycles. The molecule has 0 atom stereocenters. The standard InChI is InChI=1S/C5H10O2Si/c1-3-5(2)8-7-4-6/h3-4H,8H2,1-2H3. The lowest BCUT2D eigenvalue weighted by atomic mass is 10.6. The summed E-state index contributed by atoms with van der Waals surface area (Å²) in [5.74, 6) is 0. The molecule has 8 heavy (non-hydrogen) atoms. The zero-order valence-electron chi connectivity index (χ0n) is 5.18. The molecule has 0 radical (unpaired) electrons. The predicted octanol–water partition coefficient (Wildman–Crippen LogP) is 0.167. The normalized spacial score (nSPS) is 12.5. The van der Waals surface area contributed by atoms with E-state index in [4.69, 9.17) is 0 Å². The van der Waals surface area contributed by atoms with Crippen molar-refractivity contribution in [3.63, 3.8) is 0 Å². The Labute approximate surface area is 51.5 Å². The van der Waals surface area contributed by atoms with Crippen LogP contribution in [0.3, 0.4) is 0 Å². The first-order valence-corrected chi connectivity index (χ1v) is 3.76. The van der Waals surface area contributed by atoms with Crippen LogP contribution in [0.25, 0.3) is 0 Å². The fraction of sp³-hybridized carbons (Fsp3) is 0.400. The smallest absolute Gasteiger partial charge is 0.279 e. The van der Waals surface area contributed by atoms with Gasteiger partial charge in [0.1, 0.15) is 0 Å². The highest BCUT2D eigenvalue weighted by Crippen LogP contribution is 1.86. The summed E-state index contributed by atoms with van der Waals surface area (Å²) in [4.78, 5) is 9.61. The molecule has 0 rings (SSSR count). The average Bonchev–Trinajstić information content (AvgIpc) is 1.83. The number of hydrogen-bond donors (Lipinski definition) is 0. The van der Waals surface area contributed by atoms with Crippen LogP contribution in [0.15, 0.2) is 11.3 Å². The third-order valence-corrected chi connectivity index (χ3v) is 2.04. The second-order valence-corrected chi connectivity index (χ2v) is 3.28. The molecule has 0 heterocycles. The number of carbonyl (C=O) groups is 1. The van der Waals surface area contributed by atoms with Crippen LogP contribution in [0.1, 0.15) is 13.8 Å². The van der Waals surface area contributed by atoms with Gasteiger partial charge in [0.05, 0.1) is 0 Å². The van der Waals surface area contributed by atoms with E-state index >= 15 is 0 Å². The number of allylic oxidation sites excluding steroid dienone is 2. The van der Waals surface area contributed by atoms with Gasteiger partial charge in [0.25, 0.3) is 6.47 Å². The SMILES string of the molecule is CC=C(C)[SiH2]OC=O. The third-order valence-electron chi connectivity index (χ3n) is 0.872. The van der Waals surface area contributed by atoms with Crippen molar-refractivity contribution in [2.75, 3.05) is 0 Å². The van der Waals surface area contributed by atoms with Crippen LogP contribution in [0.4, 0.5) is 0 Å². The Kier molecular flexibility index (Phi) is 4.25. The quantitative estimate of drug-likeness (QED) is 0.402. The first-order chi connectivity index (χ1) is 3.81. The number of rotatable bonds is 3. The third kappa shape index (κ3) is 3.61. The second-order valence-electron chi connectivity index (χ2n) is 1.54. The molecular weight excluding hydrogens is 120 g/mol. The first-order valence-electron chi connectivity index (χ1n) is 2.48.